The second kappa shape index (κ2) is 6.17. The van der Waals surface area contributed by atoms with Crippen LogP contribution < -0.4 is 5.32 Å². The zero-order valence-corrected chi connectivity index (χ0v) is 11.6. The molecule has 0 radical (unpaired) electrons. The second-order valence-corrected chi connectivity index (χ2v) is 5.10. The third kappa shape index (κ3) is 5.85. The van der Waals surface area contributed by atoms with Gasteiger partial charge < -0.3 is 10.1 Å². The van der Waals surface area contributed by atoms with Crippen molar-refractivity contribution in [2.45, 2.75) is 39.3 Å². The van der Waals surface area contributed by atoms with E-state index in [0.717, 1.165) is 0 Å². The number of ketones is 1. The Hall–Kier alpha value is -2.11. The van der Waals surface area contributed by atoms with Crippen LogP contribution in [0.5, 0.6) is 0 Å². The highest BCUT2D eigenvalue weighted by molar-refractivity contribution is 5.98. The van der Waals surface area contributed by atoms with Crippen LogP contribution in [-0.2, 0) is 9.53 Å². The lowest BCUT2D eigenvalue weighted by molar-refractivity contribution is -0.116. The van der Waals surface area contributed by atoms with Crippen LogP contribution >= 0.6 is 0 Å². The summed E-state index contributed by atoms with van der Waals surface area (Å²) in [4.78, 5) is 23.2. The summed E-state index contributed by atoms with van der Waals surface area (Å²) in [6.45, 7) is 6.88. The highest BCUT2D eigenvalue weighted by Gasteiger charge is 2.19. The standard InChI is InChI=1S/C13H19N3O3/c1-9(15-12(18)19-13(2,3)4)11(17)6-5-10-7-8-14-16-10/h5-9H,1-4H3,(H,14,16)(H,15,18)/b6-5+/t9-/m0/s1. The summed E-state index contributed by atoms with van der Waals surface area (Å²) in [5.41, 5.74) is 0.0652. The molecule has 1 aromatic heterocycles. The number of hydrogen-bond acceptors (Lipinski definition) is 4. The van der Waals surface area contributed by atoms with Crippen LogP contribution in [0.4, 0.5) is 4.79 Å². The molecule has 2 N–H and O–H groups in total. The van der Waals surface area contributed by atoms with Gasteiger partial charge in [0.15, 0.2) is 5.78 Å². The minimum absolute atomic E-state index is 0.228. The van der Waals surface area contributed by atoms with E-state index in [1.165, 1.54) is 6.08 Å². The van der Waals surface area contributed by atoms with Crippen molar-refractivity contribution in [3.05, 3.63) is 24.0 Å². The summed E-state index contributed by atoms with van der Waals surface area (Å²) in [7, 11) is 0. The number of aromatic nitrogens is 2. The monoisotopic (exact) mass is 265 g/mol. The van der Waals surface area contributed by atoms with Crippen LogP contribution in [0.25, 0.3) is 6.08 Å². The summed E-state index contributed by atoms with van der Waals surface area (Å²) in [6.07, 6.45) is 4.00. The number of nitrogens with zero attached hydrogens (tertiary/aromatic N) is 1. The van der Waals surface area contributed by atoms with Gasteiger partial charge in [0.05, 0.1) is 11.7 Å². The number of ether oxygens (including phenoxy) is 1. The summed E-state index contributed by atoms with van der Waals surface area (Å²) >= 11 is 0. The predicted octanol–water partition coefficient (Wildman–Crippen LogP) is 1.91. The van der Waals surface area contributed by atoms with Crippen molar-refractivity contribution < 1.29 is 14.3 Å². The first kappa shape index (κ1) is 14.9. The average molecular weight is 265 g/mol. The fourth-order valence-electron chi connectivity index (χ4n) is 1.23. The molecule has 104 valence electrons. The van der Waals surface area contributed by atoms with Gasteiger partial charge in [-0.05, 0) is 45.9 Å². The maximum atomic E-state index is 11.7. The first-order valence-corrected chi connectivity index (χ1v) is 5.99. The van der Waals surface area contributed by atoms with E-state index in [2.05, 4.69) is 15.5 Å². The smallest absolute Gasteiger partial charge is 0.408 e. The Morgan fingerprint density at radius 1 is 1.47 bits per heavy atom. The van der Waals surface area contributed by atoms with E-state index < -0.39 is 17.7 Å². The number of alkyl carbamates (subject to hydrolysis) is 1. The van der Waals surface area contributed by atoms with Crippen molar-refractivity contribution in [2.24, 2.45) is 0 Å². The zero-order valence-electron chi connectivity index (χ0n) is 11.6. The highest BCUT2D eigenvalue weighted by atomic mass is 16.6. The maximum absolute atomic E-state index is 11.7. The van der Waals surface area contributed by atoms with Gasteiger partial charge in [0, 0.05) is 6.20 Å². The third-order valence-electron chi connectivity index (χ3n) is 2.10. The third-order valence-corrected chi connectivity index (χ3v) is 2.10. The summed E-state index contributed by atoms with van der Waals surface area (Å²) < 4.78 is 5.07. The number of hydrogen-bond donors (Lipinski definition) is 2. The molecule has 0 aromatic carbocycles. The van der Waals surface area contributed by atoms with Crippen LogP contribution in [0, 0.1) is 0 Å². The van der Waals surface area contributed by atoms with Gasteiger partial charge in [-0.25, -0.2) is 4.79 Å². The largest absolute Gasteiger partial charge is 0.444 e. The molecule has 0 bridgehead atoms. The number of carbonyl (C=O) groups excluding carboxylic acids is 2. The van der Waals surface area contributed by atoms with E-state index in [-0.39, 0.29) is 5.78 Å². The fourth-order valence-corrected chi connectivity index (χ4v) is 1.23. The average Bonchev–Trinajstić information content (AvgIpc) is 2.75. The fraction of sp³-hybridized carbons (Fsp3) is 0.462. The molecule has 1 heterocycles. The molecule has 0 aliphatic heterocycles. The van der Waals surface area contributed by atoms with Crippen molar-refractivity contribution in [2.75, 3.05) is 0 Å². The van der Waals surface area contributed by atoms with Gasteiger partial charge in [-0.2, -0.15) is 5.10 Å². The van der Waals surface area contributed by atoms with E-state index in [4.69, 9.17) is 4.74 Å². The van der Waals surface area contributed by atoms with Gasteiger partial charge in [0.1, 0.15) is 5.60 Å². The molecule has 1 atom stereocenters. The summed E-state index contributed by atoms with van der Waals surface area (Å²) in [5, 5.41) is 9.00. The molecule has 0 unspecified atom stereocenters. The van der Waals surface area contributed by atoms with Gasteiger partial charge in [-0.3, -0.25) is 9.89 Å². The lowest BCUT2D eigenvalue weighted by Gasteiger charge is -2.21. The Labute approximate surface area is 112 Å². The molecule has 0 saturated carbocycles. The van der Waals surface area contributed by atoms with Gasteiger partial charge >= 0.3 is 6.09 Å². The number of carbonyl (C=O) groups is 2. The quantitative estimate of drug-likeness (QED) is 0.814. The predicted molar refractivity (Wildman–Crippen MR) is 71.5 cm³/mol. The Morgan fingerprint density at radius 3 is 2.68 bits per heavy atom. The number of rotatable bonds is 4. The Morgan fingerprint density at radius 2 is 2.16 bits per heavy atom. The van der Waals surface area contributed by atoms with E-state index in [0.29, 0.717) is 5.69 Å². The van der Waals surface area contributed by atoms with Crippen LogP contribution in [0.2, 0.25) is 0 Å². The topological polar surface area (TPSA) is 84.1 Å². The SMILES string of the molecule is C[C@H](NC(=O)OC(C)(C)C)C(=O)/C=C/c1cc[nH]n1. The molecule has 0 fully saturated rings. The molecule has 0 saturated heterocycles. The molecule has 6 nitrogen and oxygen atoms in total. The van der Waals surface area contributed by atoms with Gasteiger partial charge in [0.25, 0.3) is 0 Å². The summed E-state index contributed by atoms with van der Waals surface area (Å²) in [6, 6.07) is 1.08. The number of aromatic amines is 1. The van der Waals surface area contributed by atoms with Gasteiger partial charge in [-0.15, -0.1) is 0 Å². The highest BCUT2D eigenvalue weighted by Crippen LogP contribution is 2.07. The zero-order chi connectivity index (χ0) is 14.5. The molecular formula is C13H19N3O3. The molecule has 6 heteroatoms. The van der Waals surface area contributed by atoms with Crippen molar-refractivity contribution >= 4 is 18.0 Å². The first-order valence-electron chi connectivity index (χ1n) is 5.99. The van der Waals surface area contributed by atoms with Gasteiger partial charge in [-0.1, -0.05) is 0 Å². The van der Waals surface area contributed by atoms with Crippen LogP contribution in [-0.4, -0.2) is 33.7 Å². The molecule has 19 heavy (non-hydrogen) atoms. The van der Waals surface area contributed by atoms with E-state index in [1.54, 1.807) is 46.0 Å². The van der Waals surface area contributed by atoms with Crippen molar-refractivity contribution in [3.63, 3.8) is 0 Å². The minimum Gasteiger partial charge on any atom is -0.444 e. The normalized spacial score (nSPS) is 13.3. The molecule has 1 rings (SSSR count). The van der Waals surface area contributed by atoms with Gasteiger partial charge in [0.2, 0.25) is 0 Å². The molecule has 0 aliphatic carbocycles. The summed E-state index contributed by atoms with van der Waals surface area (Å²) in [5.74, 6) is -0.228. The maximum Gasteiger partial charge on any atom is 0.408 e. The minimum atomic E-state index is -0.648. The van der Waals surface area contributed by atoms with Crippen LogP contribution in [0.1, 0.15) is 33.4 Å². The van der Waals surface area contributed by atoms with E-state index >= 15 is 0 Å². The first-order chi connectivity index (χ1) is 8.78. The molecule has 0 spiro atoms. The van der Waals surface area contributed by atoms with E-state index in [1.807, 2.05) is 0 Å². The molecular weight excluding hydrogens is 246 g/mol. The number of amides is 1. The van der Waals surface area contributed by atoms with Crippen LogP contribution in [0.15, 0.2) is 18.3 Å². The molecule has 0 aliphatic rings. The van der Waals surface area contributed by atoms with Crippen molar-refractivity contribution in [1.29, 1.82) is 0 Å². The Bertz CT molecular complexity index is 458. The van der Waals surface area contributed by atoms with Crippen molar-refractivity contribution in [3.8, 4) is 0 Å². The Balaban J connectivity index is 2.47. The Kier molecular flexibility index (Phi) is 4.86. The van der Waals surface area contributed by atoms with E-state index in [9.17, 15) is 9.59 Å². The second-order valence-electron chi connectivity index (χ2n) is 5.10. The lowest BCUT2D eigenvalue weighted by atomic mass is 10.2. The number of H-pyrrole nitrogens is 1. The molecule has 1 aromatic rings. The number of nitrogens with one attached hydrogen (secondary N) is 2. The lowest BCUT2D eigenvalue weighted by Crippen LogP contribution is -2.41. The van der Waals surface area contributed by atoms with Crippen molar-refractivity contribution in [1.82, 2.24) is 15.5 Å². The van der Waals surface area contributed by atoms with Crippen LogP contribution in [0.3, 0.4) is 0 Å². The molecule has 1 amide bonds.